The molecule has 0 fully saturated rings. The topological polar surface area (TPSA) is 64.1 Å². The van der Waals surface area contributed by atoms with Gasteiger partial charge in [-0.15, -0.1) is 11.3 Å². The molecule has 0 radical (unpaired) electrons. The van der Waals surface area contributed by atoms with Gasteiger partial charge < -0.3 is 10.1 Å². The van der Waals surface area contributed by atoms with Crippen molar-refractivity contribution in [3.63, 3.8) is 0 Å². The van der Waals surface area contributed by atoms with Crippen LogP contribution in [0.3, 0.4) is 0 Å². The number of nitrogens with zero attached hydrogens (tertiary/aromatic N) is 2. The first-order valence-corrected chi connectivity index (χ1v) is 9.81. The van der Waals surface area contributed by atoms with Crippen LogP contribution in [0.5, 0.6) is 11.6 Å². The van der Waals surface area contributed by atoms with Crippen LogP contribution in [0, 0.1) is 0 Å². The van der Waals surface area contributed by atoms with Crippen molar-refractivity contribution < 1.29 is 9.53 Å². The summed E-state index contributed by atoms with van der Waals surface area (Å²) in [6.07, 6.45) is 1.60. The van der Waals surface area contributed by atoms with E-state index in [9.17, 15) is 4.79 Å². The molecular formula is C19H18BrN3O2S. The third-order valence-corrected chi connectivity index (χ3v) is 5.26. The van der Waals surface area contributed by atoms with E-state index in [1.807, 2.05) is 29.6 Å². The van der Waals surface area contributed by atoms with Gasteiger partial charge in [0.05, 0.1) is 17.2 Å². The first-order valence-electron chi connectivity index (χ1n) is 8.14. The summed E-state index contributed by atoms with van der Waals surface area (Å²) in [6.45, 7) is 4.57. The standard InChI is InChI=1S/C19H18BrN3O2S/c1-12(2)19-23-14(11-26-19)10-22-17(24)16-4-3-9-21-18(16)25-15-7-5-13(20)6-8-15/h3-9,11-12H,10H2,1-2H3,(H,22,24). The van der Waals surface area contributed by atoms with E-state index in [2.05, 4.69) is 45.1 Å². The van der Waals surface area contributed by atoms with E-state index in [-0.39, 0.29) is 11.8 Å². The van der Waals surface area contributed by atoms with Gasteiger partial charge in [-0.3, -0.25) is 4.79 Å². The summed E-state index contributed by atoms with van der Waals surface area (Å²) < 4.78 is 6.72. The van der Waals surface area contributed by atoms with E-state index in [4.69, 9.17) is 4.74 Å². The normalized spacial score (nSPS) is 10.8. The third kappa shape index (κ3) is 4.68. The summed E-state index contributed by atoms with van der Waals surface area (Å²) in [4.78, 5) is 21.3. The predicted molar refractivity (Wildman–Crippen MR) is 106 cm³/mol. The molecule has 0 spiro atoms. The lowest BCUT2D eigenvalue weighted by Gasteiger charge is -2.10. The molecule has 0 bridgehead atoms. The maximum absolute atomic E-state index is 12.6. The van der Waals surface area contributed by atoms with E-state index >= 15 is 0 Å². The fourth-order valence-electron chi connectivity index (χ4n) is 2.19. The Morgan fingerprint density at radius 2 is 2.04 bits per heavy atom. The van der Waals surface area contributed by atoms with E-state index in [1.54, 1.807) is 29.7 Å². The number of hydrogen-bond donors (Lipinski definition) is 1. The summed E-state index contributed by atoms with van der Waals surface area (Å²) in [7, 11) is 0. The fourth-order valence-corrected chi connectivity index (χ4v) is 3.29. The van der Waals surface area contributed by atoms with Crippen molar-refractivity contribution in [1.82, 2.24) is 15.3 Å². The van der Waals surface area contributed by atoms with Gasteiger partial charge in [0.25, 0.3) is 5.91 Å². The van der Waals surface area contributed by atoms with Crippen molar-refractivity contribution in [3.8, 4) is 11.6 Å². The van der Waals surface area contributed by atoms with Crippen LogP contribution in [0.25, 0.3) is 0 Å². The van der Waals surface area contributed by atoms with E-state index in [0.717, 1.165) is 15.2 Å². The zero-order valence-corrected chi connectivity index (χ0v) is 16.8. The van der Waals surface area contributed by atoms with E-state index < -0.39 is 0 Å². The molecule has 2 heterocycles. The van der Waals surface area contributed by atoms with Crippen molar-refractivity contribution in [3.05, 3.63) is 68.7 Å². The van der Waals surface area contributed by atoms with Gasteiger partial charge in [0, 0.05) is 22.0 Å². The number of hydrogen-bond acceptors (Lipinski definition) is 5. The molecule has 1 N–H and O–H groups in total. The maximum atomic E-state index is 12.6. The molecular weight excluding hydrogens is 414 g/mol. The highest BCUT2D eigenvalue weighted by atomic mass is 79.9. The lowest BCUT2D eigenvalue weighted by molar-refractivity contribution is 0.0947. The van der Waals surface area contributed by atoms with Gasteiger partial charge in [-0.25, -0.2) is 9.97 Å². The number of carbonyl (C=O) groups excluding carboxylic acids is 1. The molecule has 0 saturated carbocycles. The Morgan fingerprint density at radius 3 is 2.73 bits per heavy atom. The molecule has 1 amide bonds. The molecule has 7 heteroatoms. The number of benzene rings is 1. The lowest BCUT2D eigenvalue weighted by Crippen LogP contribution is -2.23. The minimum atomic E-state index is -0.246. The summed E-state index contributed by atoms with van der Waals surface area (Å²) in [5.41, 5.74) is 1.24. The molecule has 0 aliphatic carbocycles. The highest BCUT2D eigenvalue weighted by Crippen LogP contribution is 2.24. The van der Waals surface area contributed by atoms with Crippen LogP contribution in [-0.4, -0.2) is 15.9 Å². The second kappa shape index (κ2) is 8.42. The molecule has 5 nitrogen and oxygen atoms in total. The summed E-state index contributed by atoms with van der Waals surface area (Å²) in [5.74, 6) is 1.02. The summed E-state index contributed by atoms with van der Waals surface area (Å²) in [6, 6.07) is 10.8. The zero-order valence-electron chi connectivity index (χ0n) is 14.4. The summed E-state index contributed by atoms with van der Waals surface area (Å²) in [5, 5.41) is 5.92. The van der Waals surface area contributed by atoms with Crippen molar-refractivity contribution in [1.29, 1.82) is 0 Å². The van der Waals surface area contributed by atoms with Crippen LogP contribution < -0.4 is 10.1 Å². The first kappa shape index (κ1) is 18.5. The number of thiazole rings is 1. The van der Waals surface area contributed by atoms with Gasteiger partial charge in [0.1, 0.15) is 11.3 Å². The number of amides is 1. The average molecular weight is 432 g/mol. The highest BCUT2D eigenvalue weighted by molar-refractivity contribution is 9.10. The van der Waals surface area contributed by atoms with Crippen molar-refractivity contribution in [2.45, 2.75) is 26.3 Å². The number of nitrogens with one attached hydrogen (secondary N) is 1. The molecule has 3 aromatic rings. The molecule has 0 aliphatic rings. The van der Waals surface area contributed by atoms with Crippen molar-refractivity contribution in [2.75, 3.05) is 0 Å². The molecule has 0 aliphatic heterocycles. The molecule has 1 aromatic carbocycles. The smallest absolute Gasteiger partial charge is 0.257 e. The number of aromatic nitrogens is 2. The van der Waals surface area contributed by atoms with Gasteiger partial charge in [-0.2, -0.15) is 0 Å². The van der Waals surface area contributed by atoms with E-state index in [0.29, 0.717) is 23.8 Å². The summed E-state index contributed by atoms with van der Waals surface area (Å²) >= 11 is 4.99. The van der Waals surface area contributed by atoms with Gasteiger partial charge in [0.15, 0.2) is 0 Å². The Bertz CT molecular complexity index is 894. The van der Waals surface area contributed by atoms with Gasteiger partial charge in [-0.1, -0.05) is 29.8 Å². The molecule has 0 atom stereocenters. The third-order valence-electron chi connectivity index (χ3n) is 3.54. The molecule has 26 heavy (non-hydrogen) atoms. The van der Waals surface area contributed by atoms with Crippen LogP contribution in [0.2, 0.25) is 0 Å². The second-order valence-corrected chi connectivity index (χ2v) is 7.73. The SMILES string of the molecule is CC(C)c1nc(CNC(=O)c2cccnc2Oc2ccc(Br)cc2)cs1. The van der Waals surface area contributed by atoms with Crippen molar-refractivity contribution >= 4 is 33.2 Å². The van der Waals surface area contributed by atoms with Crippen LogP contribution in [0.15, 0.2) is 52.4 Å². The van der Waals surface area contributed by atoms with Crippen molar-refractivity contribution in [2.24, 2.45) is 0 Å². The van der Waals surface area contributed by atoms with E-state index in [1.165, 1.54) is 0 Å². The zero-order chi connectivity index (χ0) is 18.5. The largest absolute Gasteiger partial charge is 0.438 e. The van der Waals surface area contributed by atoms with Crippen LogP contribution >= 0.6 is 27.3 Å². The highest BCUT2D eigenvalue weighted by Gasteiger charge is 2.15. The molecule has 0 saturated heterocycles. The Kier molecular flexibility index (Phi) is 6.00. The number of ether oxygens (including phenoxy) is 1. The number of halogens is 1. The average Bonchev–Trinajstić information content (AvgIpc) is 3.11. The number of carbonyl (C=O) groups is 1. The molecule has 0 unspecified atom stereocenters. The lowest BCUT2D eigenvalue weighted by atomic mass is 10.2. The Labute approximate surface area is 164 Å². The van der Waals surface area contributed by atoms with Crippen LogP contribution in [0.4, 0.5) is 0 Å². The fraction of sp³-hybridized carbons (Fsp3) is 0.211. The maximum Gasteiger partial charge on any atom is 0.257 e. The molecule has 3 rings (SSSR count). The molecule has 134 valence electrons. The van der Waals surface area contributed by atoms with Gasteiger partial charge in [0.2, 0.25) is 5.88 Å². The number of pyridine rings is 1. The molecule has 2 aromatic heterocycles. The quantitative estimate of drug-likeness (QED) is 0.586. The Hall–Kier alpha value is -2.25. The Balaban J connectivity index is 1.69. The number of rotatable bonds is 6. The Morgan fingerprint density at radius 1 is 1.27 bits per heavy atom. The van der Waals surface area contributed by atoms with Gasteiger partial charge >= 0.3 is 0 Å². The minimum absolute atomic E-state index is 0.246. The van der Waals surface area contributed by atoms with Crippen LogP contribution in [0.1, 0.15) is 40.8 Å². The second-order valence-electron chi connectivity index (χ2n) is 5.93. The monoisotopic (exact) mass is 431 g/mol. The predicted octanol–water partition coefficient (Wildman–Crippen LogP) is 5.15. The minimum Gasteiger partial charge on any atom is -0.438 e. The first-order chi connectivity index (χ1) is 12.5. The van der Waals surface area contributed by atoms with Crippen LogP contribution in [-0.2, 0) is 6.54 Å². The van der Waals surface area contributed by atoms with Gasteiger partial charge in [-0.05, 0) is 36.4 Å².